The largest absolute Gasteiger partial charge is 0.0616 e. The Morgan fingerprint density at radius 1 is 0.333 bits per heavy atom. The zero-order chi connectivity index (χ0) is 37.2. The van der Waals surface area contributed by atoms with E-state index in [9.17, 15) is 0 Å². The molecule has 0 unspecified atom stereocenters. The van der Waals surface area contributed by atoms with Crippen LogP contribution in [0.25, 0.3) is 57.4 Å². The third kappa shape index (κ3) is 5.77. The van der Waals surface area contributed by atoms with E-state index in [1.165, 1.54) is 55.3 Å². The average Bonchev–Trinajstić information content (AvgIpc) is 3.26. The van der Waals surface area contributed by atoms with Gasteiger partial charge in [0.05, 0.1) is 0 Å². The van der Waals surface area contributed by atoms with Crippen molar-refractivity contribution in [1.82, 2.24) is 0 Å². The molecule has 6 aromatic rings. The zero-order valence-electron chi connectivity index (χ0n) is 31.9. The summed E-state index contributed by atoms with van der Waals surface area (Å²) in [5, 5.41) is 2.49. The van der Waals surface area contributed by atoms with Crippen LogP contribution in [0.4, 0.5) is 0 Å². The molecule has 3 aliphatic rings. The molecule has 0 spiro atoms. The highest BCUT2D eigenvalue weighted by atomic mass is 14.3. The van der Waals surface area contributed by atoms with Gasteiger partial charge >= 0.3 is 0 Å². The monoisotopic (exact) mass is 690 g/mol. The van der Waals surface area contributed by atoms with E-state index in [1.54, 1.807) is 0 Å². The normalized spacial score (nSPS) is 13.9. The van der Waals surface area contributed by atoms with Gasteiger partial charge in [-0.3, -0.25) is 0 Å². The van der Waals surface area contributed by atoms with Crippen LogP contribution in [0.1, 0.15) is 108 Å². The summed E-state index contributed by atoms with van der Waals surface area (Å²) in [7, 11) is 0. The highest BCUT2D eigenvalue weighted by Gasteiger charge is 2.30. The summed E-state index contributed by atoms with van der Waals surface area (Å²) in [5.41, 5.74) is 33.4. The van der Waals surface area contributed by atoms with Crippen LogP contribution in [0, 0.1) is 0 Å². The van der Waals surface area contributed by atoms with E-state index in [1.807, 2.05) is 0 Å². The van der Waals surface area contributed by atoms with E-state index in [4.69, 9.17) is 0 Å². The van der Waals surface area contributed by atoms with Crippen LogP contribution in [-0.4, -0.2) is 0 Å². The first-order chi connectivity index (χ1) is 26.0. The van der Waals surface area contributed by atoms with Crippen LogP contribution in [0.2, 0.25) is 0 Å². The summed E-state index contributed by atoms with van der Waals surface area (Å²) in [4.78, 5) is 0. The third-order valence-corrected chi connectivity index (χ3v) is 11.0. The summed E-state index contributed by atoms with van der Waals surface area (Å²) in [5.74, 6) is 0. The first-order valence-corrected chi connectivity index (χ1v) is 18.9. The van der Waals surface area contributed by atoms with Crippen LogP contribution in [0.15, 0.2) is 144 Å². The summed E-state index contributed by atoms with van der Waals surface area (Å²) in [6, 6.07) is 44.0. The molecule has 0 fully saturated rings. The minimum atomic E-state index is -0.0498. The van der Waals surface area contributed by atoms with Crippen molar-refractivity contribution in [2.45, 2.75) is 52.4 Å². The second-order valence-corrected chi connectivity index (χ2v) is 16.7. The van der Waals surface area contributed by atoms with Crippen molar-refractivity contribution in [2.24, 2.45) is 0 Å². The molecule has 0 nitrogen and oxygen atoms in total. The van der Waals surface area contributed by atoms with Crippen molar-refractivity contribution < 1.29 is 0 Å². The molecular formula is C54H42. The van der Waals surface area contributed by atoms with E-state index >= 15 is 0 Å². The number of hydrogen-bond donors (Lipinski definition) is 0. The SMILES string of the molecule is CC(C)(C)c1cc2c3c(cc(C(C)(C)C)cc3c1)C(=C=C=C1c3ccccc3C=Cc3ccccc31)C2=C=C=C1c2ccccc2C=Cc2ccccc21. The fourth-order valence-corrected chi connectivity index (χ4v) is 7.95. The Morgan fingerprint density at radius 2 is 0.630 bits per heavy atom. The molecular weight excluding hydrogens is 649 g/mol. The van der Waals surface area contributed by atoms with Gasteiger partial charge in [-0.25, -0.2) is 0 Å². The summed E-state index contributed by atoms with van der Waals surface area (Å²) in [6.45, 7) is 13.8. The van der Waals surface area contributed by atoms with Crippen LogP contribution in [-0.2, 0) is 10.8 Å². The quantitative estimate of drug-likeness (QED) is 0.139. The van der Waals surface area contributed by atoms with Gasteiger partial charge in [0.25, 0.3) is 0 Å². The Hall–Kier alpha value is -6.34. The van der Waals surface area contributed by atoms with Gasteiger partial charge in [-0.1, -0.05) is 198 Å². The molecule has 0 bridgehead atoms. The molecule has 9 rings (SSSR count). The van der Waals surface area contributed by atoms with E-state index < -0.39 is 0 Å². The van der Waals surface area contributed by atoms with Crippen LogP contribution < -0.4 is 0 Å². The van der Waals surface area contributed by atoms with Crippen molar-refractivity contribution in [3.63, 3.8) is 0 Å². The Bertz CT molecular complexity index is 2560. The number of rotatable bonds is 0. The van der Waals surface area contributed by atoms with Crippen molar-refractivity contribution in [2.75, 3.05) is 0 Å². The van der Waals surface area contributed by atoms with E-state index in [0.29, 0.717) is 0 Å². The minimum absolute atomic E-state index is 0.0498. The van der Waals surface area contributed by atoms with Gasteiger partial charge in [0.1, 0.15) is 0 Å². The topological polar surface area (TPSA) is 0 Å². The van der Waals surface area contributed by atoms with Gasteiger partial charge in [0.2, 0.25) is 0 Å². The van der Waals surface area contributed by atoms with Crippen LogP contribution >= 0.6 is 0 Å². The van der Waals surface area contributed by atoms with Gasteiger partial charge in [0.15, 0.2) is 0 Å². The molecule has 0 aromatic heterocycles. The lowest BCUT2D eigenvalue weighted by molar-refractivity contribution is 0.589. The predicted molar refractivity (Wildman–Crippen MR) is 231 cm³/mol. The minimum Gasteiger partial charge on any atom is -0.0616 e. The highest BCUT2D eigenvalue weighted by molar-refractivity contribution is 6.22. The third-order valence-electron chi connectivity index (χ3n) is 11.0. The summed E-state index contributed by atoms with van der Waals surface area (Å²) < 4.78 is 0. The number of hydrogen-bond acceptors (Lipinski definition) is 0. The number of benzene rings is 6. The van der Waals surface area contributed by atoms with Gasteiger partial charge in [-0.15, -0.1) is 0 Å². The average molecular weight is 691 g/mol. The Labute approximate surface area is 319 Å². The molecule has 0 aliphatic heterocycles. The second-order valence-electron chi connectivity index (χ2n) is 16.7. The molecule has 0 N–H and O–H groups in total. The summed E-state index contributed by atoms with van der Waals surface area (Å²) in [6.07, 6.45) is 8.85. The molecule has 0 heteroatoms. The Morgan fingerprint density at radius 3 is 0.944 bits per heavy atom. The lowest BCUT2D eigenvalue weighted by Gasteiger charge is -2.23. The highest BCUT2D eigenvalue weighted by Crippen LogP contribution is 2.48. The smallest absolute Gasteiger partial charge is 0.0491 e. The first kappa shape index (κ1) is 33.5. The second kappa shape index (κ2) is 12.7. The predicted octanol–water partition coefficient (Wildman–Crippen LogP) is 14.0. The maximum absolute atomic E-state index is 3.83. The lowest BCUT2D eigenvalue weighted by atomic mass is 9.81. The lowest BCUT2D eigenvalue weighted by Crippen LogP contribution is -2.12. The Balaban J connectivity index is 1.47. The number of allylic oxidation sites excluding steroid dienone is 2. The molecule has 3 aliphatic carbocycles. The number of fused-ring (bicyclic) bond motifs is 4. The maximum Gasteiger partial charge on any atom is 0.0491 e. The zero-order valence-corrected chi connectivity index (χ0v) is 31.9. The van der Waals surface area contributed by atoms with Gasteiger partial charge in [-0.05, 0) is 89.4 Å². The van der Waals surface area contributed by atoms with E-state index in [2.05, 4.69) is 210 Å². The van der Waals surface area contributed by atoms with Gasteiger partial charge < -0.3 is 0 Å². The Kier molecular flexibility index (Phi) is 7.85. The molecule has 54 heavy (non-hydrogen) atoms. The molecule has 0 radical (unpaired) electrons. The molecule has 0 atom stereocenters. The first-order valence-electron chi connectivity index (χ1n) is 18.9. The molecule has 6 aromatic carbocycles. The molecule has 0 amide bonds. The van der Waals surface area contributed by atoms with Gasteiger partial charge in [-0.2, -0.15) is 0 Å². The van der Waals surface area contributed by atoms with Crippen molar-refractivity contribution >= 4 is 57.4 Å². The van der Waals surface area contributed by atoms with Crippen molar-refractivity contribution in [3.8, 4) is 0 Å². The van der Waals surface area contributed by atoms with E-state index in [0.717, 1.165) is 44.5 Å². The molecule has 0 saturated heterocycles. The maximum atomic E-state index is 3.83. The molecule has 258 valence electrons. The van der Waals surface area contributed by atoms with E-state index in [-0.39, 0.29) is 10.8 Å². The summed E-state index contributed by atoms with van der Waals surface area (Å²) >= 11 is 0. The van der Waals surface area contributed by atoms with Crippen molar-refractivity contribution in [1.29, 1.82) is 0 Å². The van der Waals surface area contributed by atoms with Crippen LogP contribution in [0.3, 0.4) is 0 Å². The standard InChI is InChI=1S/C54H42/c1-53(2,3)40-31-39-32-41(54(4,5)6)34-51-49(30-28-47-44-21-13-9-17-37(44)25-26-38-18-10-14-22-45(38)47)48(50(33-40)52(39)51)29-27-46-42-19-11-7-15-35(42)23-24-36-16-8-12-20-43(36)46/h7-26,31-34H,1-6H3. The fraction of sp³-hybridized carbons (Fsp3) is 0.148. The molecule has 0 heterocycles. The van der Waals surface area contributed by atoms with Crippen LogP contribution in [0.5, 0.6) is 0 Å². The van der Waals surface area contributed by atoms with Crippen molar-refractivity contribution in [3.05, 3.63) is 211 Å². The molecule has 0 saturated carbocycles. The fourth-order valence-electron chi connectivity index (χ4n) is 7.95. The van der Waals surface area contributed by atoms with Gasteiger partial charge in [0, 0.05) is 33.4 Å².